The Hall–Kier alpha value is -2.16. The largest absolute Gasteiger partial charge is 0.403 e. The second-order valence-electron chi connectivity index (χ2n) is 6.60. The number of benzene rings is 1. The molecule has 9 heteroatoms. The summed E-state index contributed by atoms with van der Waals surface area (Å²) in [6, 6.07) is 3.55. The van der Waals surface area contributed by atoms with Crippen LogP contribution < -0.4 is 11.1 Å². The third-order valence-corrected chi connectivity index (χ3v) is 4.56. The van der Waals surface area contributed by atoms with E-state index in [2.05, 4.69) is 10.3 Å². The van der Waals surface area contributed by atoms with E-state index in [4.69, 9.17) is 10.5 Å². The van der Waals surface area contributed by atoms with E-state index in [1.165, 1.54) is 12.1 Å². The molecule has 0 spiro atoms. The van der Waals surface area contributed by atoms with Crippen LogP contribution >= 0.6 is 0 Å². The number of halogens is 4. The van der Waals surface area contributed by atoms with Crippen LogP contribution in [0.1, 0.15) is 25.3 Å². The first kappa shape index (κ1) is 17.7. The zero-order valence-corrected chi connectivity index (χ0v) is 13.4. The molecule has 1 amide bonds. The fourth-order valence-electron chi connectivity index (χ4n) is 2.90. The number of hydrogen-bond donors (Lipinski definition) is 2. The Labute approximate surface area is 141 Å². The monoisotopic (exact) mass is 359 g/mol. The van der Waals surface area contributed by atoms with E-state index < -0.39 is 28.9 Å². The van der Waals surface area contributed by atoms with Gasteiger partial charge in [0.2, 0.25) is 5.91 Å². The maximum Gasteiger partial charge on any atom is 0.403 e. The lowest BCUT2D eigenvalue weighted by atomic mass is 9.91. The van der Waals surface area contributed by atoms with Crippen LogP contribution in [0.2, 0.25) is 0 Å². The van der Waals surface area contributed by atoms with Crippen molar-refractivity contribution < 1.29 is 27.1 Å². The maximum absolute atomic E-state index is 14.2. The fourth-order valence-corrected chi connectivity index (χ4v) is 2.90. The standard InChI is InChI=1S/C16H17F4N3O2/c1-14(8-25-7-12(21)23-14)10-6-9(2-3-11(10)17)22-13(24)15(4-5-15)16(18,19)20/h2-3,6H,4-5,7-8H2,1H3,(H2,21,23)(H,22,24). The van der Waals surface area contributed by atoms with Gasteiger partial charge in [0, 0.05) is 11.3 Å². The molecule has 0 radical (unpaired) electrons. The fraction of sp³-hybridized carbons (Fsp3) is 0.500. The number of carbonyl (C=O) groups excluding carboxylic acids is 1. The number of nitrogens with two attached hydrogens (primary N) is 1. The highest BCUT2D eigenvalue weighted by Crippen LogP contribution is 2.58. The summed E-state index contributed by atoms with van der Waals surface area (Å²) in [6.07, 6.45) is -5.10. The van der Waals surface area contributed by atoms with Gasteiger partial charge in [0.1, 0.15) is 29.2 Å². The molecule has 1 atom stereocenters. The maximum atomic E-state index is 14.2. The van der Waals surface area contributed by atoms with Crippen molar-refractivity contribution in [3.8, 4) is 0 Å². The van der Waals surface area contributed by atoms with Crippen LogP contribution in [0.15, 0.2) is 23.2 Å². The minimum atomic E-state index is -4.61. The summed E-state index contributed by atoms with van der Waals surface area (Å²) in [6.45, 7) is 1.79. The molecule has 25 heavy (non-hydrogen) atoms. The second-order valence-corrected chi connectivity index (χ2v) is 6.60. The lowest BCUT2D eigenvalue weighted by Crippen LogP contribution is -2.38. The van der Waals surface area contributed by atoms with Gasteiger partial charge in [0.05, 0.1) is 6.61 Å². The number of alkyl halides is 3. The number of amidine groups is 1. The molecule has 3 rings (SSSR count). The van der Waals surface area contributed by atoms with Crippen LogP contribution in [0.3, 0.4) is 0 Å². The number of hydrogen-bond acceptors (Lipinski definition) is 4. The van der Waals surface area contributed by atoms with Crippen molar-refractivity contribution in [2.24, 2.45) is 16.1 Å². The molecule has 1 aromatic carbocycles. The number of anilines is 1. The van der Waals surface area contributed by atoms with E-state index in [-0.39, 0.29) is 43.1 Å². The average Bonchev–Trinajstić information content (AvgIpc) is 3.30. The highest BCUT2D eigenvalue weighted by molar-refractivity contribution is 5.98. The lowest BCUT2D eigenvalue weighted by Gasteiger charge is -2.30. The smallest absolute Gasteiger partial charge is 0.386 e. The summed E-state index contributed by atoms with van der Waals surface area (Å²) in [5.74, 6) is -1.55. The summed E-state index contributed by atoms with van der Waals surface area (Å²) >= 11 is 0. The number of nitrogens with zero attached hydrogens (tertiary/aromatic N) is 1. The van der Waals surface area contributed by atoms with Crippen LogP contribution in [0, 0.1) is 11.2 Å². The van der Waals surface area contributed by atoms with Crippen molar-refractivity contribution in [2.75, 3.05) is 18.5 Å². The molecule has 3 N–H and O–H groups in total. The molecule has 1 unspecified atom stereocenters. The van der Waals surface area contributed by atoms with E-state index in [0.717, 1.165) is 6.07 Å². The van der Waals surface area contributed by atoms with Gasteiger partial charge in [-0.3, -0.25) is 9.79 Å². The molecule has 136 valence electrons. The van der Waals surface area contributed by atoms with Crippen LogP contribution in [-0.2, 0) is 15.1 Å². The Bertz CT molecular complexity index is 743. The van der Waals surface area contributed by atoms with E-state index in [1.54, 1.807) is 6.92 Å². The SMILES string of the molecule is CC1(c2cc(NC(=O)C3(C(F)(F)F)CC3)ccc2F)COCC(N)=N1. The molecular formula is C16H17F4N3O2. The first-order valence-electron chi connectivity index (χ1n) is 7.68. The van der Waals surface area contributed by atoms with Gasteiger partial charge >= 0.3 is 6.18 Å². The summed E-state index contributed by atoms with van der Waals surface area (Å²) in [7, 11) is 0. The molecule has 5 nitrogen and oxygen atoms in total. The number of ether oxygens (including phenoxy) is 1. The van der Waals surface area contributed by atoms with Crippen molar-refractivity contribution in [2.45, 2.75) is 31.5 Å². The first-order chi connectivity index (χ1) is 11.6. The molecule has 0 bridgehead atoms. The van der Waals surface area contributed by atoms with Gasteiger partial charge in [-0.1, -0.05) is 0 Å². The molecule has 1 fully saturated rings. The van der Waals surface area contributed by atoms with Gasteiger partial charge in [0.25, 0.3) is 0 Å². The topological polar surface area (TPSA) is 76.7 Å². The zero-order valence-electron chi connectivity index (χ0n) is 13.4. The average molecular weight is 359 g/mol. The van der Waals surface area contributed by atoms with Gasteiger partial charge < -0.3 is 15.8 Å². The Morgan fingerprint density at radius 1 is 1.36 bits per heavy atom. The van der Waals surface area contributed by atoms with Crippen LogP contribution in [0.25, 0.3) is 0 Å². The molecular weight excluding hydrogens is 342 g/mol. The Morgan fingerprint density at radius 3 is 2.60 bits per heavy atom. The summed E-state index contributed by atoms with van der Waals surface area (Å²) in [4.78, 5) is 16.3. The number of carbonyl (C=O) groups is 1. The van der Waals surface area contributed by atoms with E-state index in [9.17, 15) is 22.4 Å². The van der Waals surface area contributed by atoms with Gasteiger partial charge in [0.15, 0.2) is 0 Å². The molecule has 0 saturated heterocycles. The molecule has 1 aliphatic carbocycles. The van der Waals surface area contributed by atoms with Crippen molar-refractivity contribution in [3.63, 3.8) is 0 Å². The van der Waals surface area contributed by atoms with Crippen LogP contribution in [0.4, 0.5) is 23.2 Å². The third kappa shape index (κ3) is 3.08. The minimum absolute atomic E-state index is 0.0640. The van der Waals surface area contributed by atoms with Crippen molar-refractivity contribution in [1.82, 2.24) is 0 Å². The Morgan fingerprint density at radius 2 is 2.04 bits per heavy atom. The molecule has 0 aromatic heterocycles. The molecule has 1 saturated carbocycles. The lowest BCUT2D eigenvalue weighted by molar-refractivity contribution is -0.189. The van der Waals surface area contributed by atoms with Gasteiger partial charge in [-0.05, 0) is 38.0 Å². The third-order valence-electron chi connectivity index (χ3n) is 4.56. The number of amides is 1. The first-order valence-corrected chi connectivity index (χ1v) is 7.68. The highest BCUT2D eigenvalue weighted by Gasteiger charge is 2.68. The molecule has 1 heterocycles. The minimum Gasteiger partial charge on any atom is -0.386 e. The molecule has 1 aromatic rings. The summed E-state index contributed by atoms with van der Waals surface area (Å²) < 4.78 is 58.6. The quantitative estimate of drug-likeness (QED) is 0.815. The van der Waals surface area contributed by atoms with Gasteiger partial charge in [-0.15, -0.1) is 0 Å². The Kier molecular flexibility index (Phi) is 4.02. The number of nitrogens with one attached hydrogen (secondary N) is 1. The van der Waals surface area contributed by atoms with Crippen LogP contribution in [0.5, 0.6) is 0 Å². The number of aliphatic imine (C=N–C) groups is 1. The van der Waals surface area contributed by atoms with Gasteiger partial charge in [-0.2, -0.15) is 13.2 Å². The molecule has 1 aliphatic heterocycles. The summed E-state index contributed by atoms with van der Waals surface area (Å²) in [5, 5.41) is 2.24. The van der Waals surface area contributed by atoms with E-state index >= 15 is 0 Å². The van der Waals surface area contributed by atoms with Gasteiger partial charge in [-0.25, -0.2) is 4.39 Å². The van der Waals surface area contributed by atoms with Crippen LogP contribution in [-0.4, -0.2) is 31.1 Å². The Balaban J connectivity index is 1.88. The zero-order chi connectivity index (χ0) is 18.5. The normalized spacial score (nSPS) is 25.2. The van der Waals surface area contributed by atoms with E-state index in [1.807, 2.05) is 0 Å². The van der Waals surface area contributed by atoms with Crippen molar-refractivity contribution in [3.05, 3.63) is 29.6 Å². The second kappa shape index (κ2) is 5.69. The summed E-state index contributed by atoms with van der Waals surface area (Å²) in [5.41, 5.74) is 2.33. The molecule has 2 aliphatic rings. The predicted octanol–water partition coefficient (Wildman–Crippen LogP) is 2.71. The van der Waals surface area contributed by atoms with Crippen molar-refractivity contribution >= 4 is 17.4 Å². The van der Waals surface area contributed by atoms with E-state index in [0.29, 0.717) is 0 Å². The predicted molar refractivity (Wildman–Crippen MR) is 82.5 cm³/mol. The van der Waals surface area contributed by atoms with Crippen molar-refractivity contribution in [1.29, 1.82) is 0 Å². The number of rotatable bonds is 3. The highest BCUT2D eigenvalue weighted by atomic mass is 19.4.